The van der Waals surface area contributed by atoms with Crippen molar-refractivity contribution >= 4 is 60.5 Å². The molecule has 0 aliphatic heterocycles. The Kier molecular flexibility index (Phi) is 5.61. The van der Waals surface area contributed by atoms with E-state index >= 15 is 0 Å². The Balaban J connectivity index is 1.52. The zero-order chi connectivity index (χ0) is 22.2. The summed E-state index contributed by atoms with van der Waals surface area (Å²) in [4.78, 5) is 13.1. The highest BCUT2D eigenvalue weighted by Gasteiger charge is 2.19. The van der Waals surface area contributed by atoms with Crippen LogP contribution in [0.15, 0.2) is 57.9 Å². The number of benzene rings is 2. The van der Waals surface area contributed by atoms with E-state index in [0.717, 1.165) is 10.1 Å². The average molecular weight is 478 g/mol. The predicted octanol–water partition coefficient (Wildman–Crippen LogP) is 4.91. The molecule has 0 saturated heterocycles. The molecule has 0 aliphatic rings. The zero-order valence-electron chi connectivity index (χ0n) is 16.3. The highest BCUT2D eigenvalue weighted by Crippen LogP contribution is 2.37. The van der Waals surface area contributed by atoms with Gasteiger partial charge < -0.3 is 14.6 Å². The number of aromatic nitrogens is 1. The average Bonchev–Trinajstić information content (AvgIpc) is 3.30. The van der Waals surface area contributed by atoms with E-state index in [4.69, 9.17) is 20.9 Å². The Bertz CT molecular complexity index is 1380. The number of thiophene rings is 1. The van der Waals surface area contributed by atoms with Gasteiger partial charge in [0, 0.05) is 21.8 Å². The van der Waals surface area contributed by atoms with E-state index in [9.17, 15) is 13.2 Å². The second-order valence-corrected chi connectivity index (χ2v) is 9.63. The monoisotopic (exact) mass is 477 g/mol. The molecule has 0 aliphatic carbocycles. The molecule has 2 heterocycles. The number of amides is 1. The minimum atomic E-state index is -3.84. The number of carbonyl (C=O) groups is 1. The molecule has 0 bridgehead atoms. The molecule has 0 fully saturated rings. The fourth-order valence-corrected chi connectivity index (χ4v) is 5.20. The van der Waals surface area contributed by atoms with Crippen LogP contribution in [0.3, 0.4) is 0 Å². The number of aryl methyl sites for hydroxylation is 1. The molecule has 31 heavy (non-hydrogen) atoms. The van der Waals surface area contributed by atoms with Crippen molar-refractivity contribution in [3.8, 4) is 5.75 Å². The van der Waals surface area contributed by atoms with E-state index in [1.165, 1.54) is 41.7 Å². The summed E-state index contributed by atoms with van der Waals surface area (Å²) in [6, 6.07) is 12.6. The van der Waals surface area contributed by atoms with Gasteiger partial charge in [-0.1, -0.05) is 16.8 Å². The number of nitrogens with zero attached hydrogens (tertiary/aromatic N) is 1. The number of hydrogen-bond donors (Lipinski definition) is 2. The van der Waals surface area contributed by atoms with Crippen molar-refractivity contribution in [3.05, 3.63) is 64.2 Å². The Labute approximate surface area is 186 Å². The number of fused-ring (bicyclic) bond motifs is 1. The Morgan fingerprint density at radius 1 is 1.16 bits per heavy atom. The van der Waals surface area contributed by atoms with E-state index in [-0.39, 0.29) is 10.7 Å². The van der Waals surface area contributed by atoms with Gasteiger partial charge in [0.15, 0.2) is 5.82 Å². The van der Waals surface area contributed by atoms with Gasteiger partial charge in [0.05, 0.1) is 17.0 Å². The van der Waals surface area contributed by atoms with E-state index < -0.39 is 15.9 Å². The number of methoxy groups -OCH3 is 1. The fourth-order valence-electron chi connectivity index (χ4n) is 2.84. The highest BCUT2D eigenvalue weighted by molar-refractivity contribution is 7.92. The Morgan fingerprint density at radius 3 is 2.55 bits per heavy atom. The third-order valence-corrected chi connectivity index (χ3v) is 7.38. The summed E-state index contributed by atoms with van der Waals surface area (Å²) in [5.41, 5.74) is 0.423. The van der Waals surface area contributed by atoms with Crippen LogP contribution in [-0.4, -0.2) is 26.6 Å². The molecule has 8 nitrogen and oxygen atoms in total. The molecule has 0 spiro atoms. The van der Waals surface area contributed by atoms with Gasteiger partial charge in [0.1, 0.15) is 16.4 Å². The van der Waals surface area contributed by atoms with Crippen LogP contribution in [0, 0.1) is 6.92 Å². The van der Waals surface area contributed by atoms with Crippen LogP contribution < -0.4 is 14.8 Å². The first-order valence-electron chi connectivity index (χ1n) is 8.90. The SMILES string of the molecule is COc1ccc2sc(C(=O)Nc3ccc(S(=O)(=O)Nc4cc(C)on4)cc3)c(Cl)c2c1. The second-order valence-electron chi connectivity index (χ2n) is 6.51. The number of rotatable bonds is 6. The minimum absolute atomic E-state index is 0.0122. The van der Waals surface area contributed by atoms with Crippen molar-refractivity contribution in [1.29, 1.82) is 0 Å². The van der Waals surface area contributed by atoms with E-state index in [1.54, 1.807) is 26.2 Å². The van der Waals surface area contributed by atoms with Crippen LogP contribution in [0.5, 0.6) is 5.75 Å². The summed E-state index contributed by atoms with van der Waals surface area (Å²) in [6.45, 7) is 1.65. The maximum atomic E-state index is 12.7. The van der Waals surface area contributed by atoms with Gasteiger partial charge in [-0.3, -0.25) is 9.52 Å². The molecule has 2 N–H and O–H groups in total. The third kappa shape index (κ3) is 4.36. The summed E-state index contributed by atoms with van der Waals surface area (Å²) in [6.07, 6.45) is 0. The Hall–Kier alpha value is -3.08. The standard InChI is InChI=1S/C20H16ClN3O5S2/c1-11-9-17(23-29-11)24-31(26,27)14-6-3-12(4-7-14)22-20(25)19-18(21)15-10-13(28-2)5-8-16(15)30-19/h3-10H,1-2H3,(H,22,25)(H,23,24). The van der Waals surface area contributed by atoms with Gasteiger partial charge >= 0.3 is 0 Å². The lowest BCUT2D eigenvalue weighted by Gasteiger charge is -2.07. The van der Waals surface area contributed by atoms with E-state index in [2.05, 4.69) is 15.2 Å². The summed E-state index contributed by atoms with van der Waals surface area (Å²) < 4.78 is 38.1. The molecular weight excluding hydrogens is 462 g/mol. The van der Waals surface area contributed by atoms with Crippen LogP contribution >= 0.6 is 22.9 Å². The van der Waals surface area contributed by atoms with Gasteiger partial charge in [0.2, 0.25) is 0 Å². The van der Waals surface area contributed by atoms with Crippen molar-refractivity contribution in [1.82, 2.24) is 5.16 Å². The number of ether oxygens (including phenoxy) is 1. The smallest absolute Gasteiger partial charge is 0.267 e. The van der Waals surface area contributed by atoms with Crippen molar-refractivity contribution in [2.75, 3.05) is 17.1 Å². The molecule has 0 atom stereocenters. The molecule has 0 radical (unpaired) electrons. The number of anilines is 2. The lowest BCUT2D eigenvalue weighted by Crippen LogP contribution is -2.14. The molecule has 0 saturated carbocycles. The summed E-state index contributed by atoms with van der Waals surface area (Å²) >= 11 is 7.66. The molecule has 1 amide bonds. The van der Waals surface area contributed by atoms with Gasteiger partial charge in [-0.2, -0.15) is 0 Å². The van der Waals surface area contributed by atoms with E-state index in [1.807, 2.05) is 6.07 Å². The largest absolute Gasteiger partial charge is 0.497 e. The predicted molar refractivity (Wildman–Crippen MR) is 120 cm³/mol. The summed E-state index contributed by atoms with van der Waals surface area (Å²) in [5.74, 6) is 0.822. The van der Waals surface area contributed by atoms with Crippen molar-refractivity contribution in [3.63, 3.8) is 0 Å². The van der Waals surface area contributed by atoms with Gasteiger partial charge in [-0.15, -0.1) is 11.3 Å². The second kappa shape index (κ2) is 8.22. The van der Waals surface area contributed by atoms with Crippen LogP contribution in [-0.2, 0) is 10.0 Å². The molecule has 4 aromatic rings. The molecule has 4 rings (SSSR count). The molecule has 2 aromatic carbocycles. The number of sulfonamides is 1. The third-order valence-electron chi connectivity index (χ3n) is 4.33. The quantitative estimate of drug-likeness (QED) is 0.408. The number of carbonyl (C=O) groups excluding carboxylic acids is 1. The molecule has 0 unspecified atom stereocenters. The summed E-state index contributed by atoms with van der Waals surface area (Å²) in [5, 5.41) is 7.41. The van der Waals surface area contributed by atoms with Crippen molar-refractivity contribution < 1.29 is 22.5 Å². The molecule has 160 valence electrons. The van der Waals surface area contributed by atoms with Crippen LogP contribution in [0.4, 0.5) is 11.5 Å². The van der Waals surface area contributed by atoms with Gasteiger partial charge in [0.25, 0.3) is 15.9 Å². The first-order chi connectivity index (χ1) is 14.8. The van der Waals surface area contributed by atoms with Gasteiger partial charge in [-0.25, -0.2) is 8.42 Å². The van der Waals surface area contributed by atoms with Crippen LogP contribution in [0.2, 0.25) is 5.02 Å². The van der Waals surface area contributed by atoms with Crippen LogP contribution in [0.1, 0.15) is 15.4 Å². The number of hydrogen-bond acceptors (Lipinski definition) is 7. The fraction of sp³-hybridized carbons (Fsp3) is 0.100. The highest BCUT2D eigenvalue weighted by atomic mass is 35.5. The van der Waals surface area contributed by atoms with Crippen LogP contribution in [0.25, 0.3) is 10.1 Å². The lowest BCUT2D eigenvalue weighted by atomic mass is 10.2. The maximum Gasteiger partial charge on any atom is 0.267 e. The lowest BCUT2D eigenvalue weighted by molar-refractivity contribution is 0.103. The molecule has 11 heteroatoms. The first kappa shape index (κ1) is 21.2. The minimum Gasteiger partial charge on any atom is -0.497 e. The topological polar surface area (TPSA) is 111 Å². The molecule has 2 aromatic heterocycles. The summed E-state index contributed by atoms with van der Waals surface area (Å²) in [7, 11) is -2.29. The van der Waals surface area contributed by atoms with E-state index in [0.29, 0.717) is 27.1 Å². The maximum absolute atomic E-state index is 12.7. The Morgan fingerprint density at radius 2 is 1.90 bits per heavy atom. The van der Waals surface area contributed by atoms with Crippen molar-refractivity contribution in [2.24, 2.45) is 0 Å². The van der Waals surface area contributed by atoms with Gasteiger partial charge in [-0.05, 0) is 49.4 Å². The normalized spacial score (nSPS) is 11.5. The molecular formula is C20H16ClN3O5S2. The number of halogens is 1. The first-order valence-corrected chi connectivity index (χ1v) is 11.6. The van der Waals surface area contributed by atoms with Crippen molar-refractivity contribution in [2.45, 2.75) is 11.8 Å². The number of nitrogens with one attached hydrogen (secondary N) is 2. The zero-order valence-corrected chi connectivity index (χ0v) is 18.7.